The van der Waals surface area contributed by atoms with E-state index in [2.05, 4.69) is 20.8 Å². The van der Waals surface area contributed by atoms with Gasteiger partial charge >= 0.3 is 0 Å². The number of hydrogen-bond donors (Lipinski definition) is 0. The number of alkyl halides is 1. The smallest absolute Gasteiger partial charge is 0.264 e. The molecule has 0 N–H and O–H groups in total. The number of halogens is 1. The summed E-state index contributed by atoms with van der Waals surface area (Å²) in [6, 6.07) is 2.39. The quantitative estimate of drug-likeness (QED) is 0.759. The molecule has 1 saturated heterocycles. The highest BCUT2D eigenvalue weighted by Gasteiger charge is 2.26. The van der Waals surface area contributed by atoms with Gasteiger partial charge in [0.05, 0.1) is 4.88 Å². The number of aryl methyl sites for hydroxylation is 1. The topological polar surface area (TPSA) is 20.3 Å². The van der Waals surface area contributed by atoms with Crippen molar-refractivity contribution >= 4 is 33.2 Å². The van der Waals surface area contributed by atoms with Gasteiger partial charge in [0, 0.05) is 17.9 Å². The summed E-state index contributed by atoms with van der Waals surface area (Å²) in [4.78, 5) is 15.5. The van der Waals surface area contributed by atoms with Gasteiger partial charge in [-0.2, -0.15) is 0 Å². The van der Waals surface area contributed by atoms with Gasteiger partial charge in [-0.05, 0) is 36.8 Å². The molecule has 2 heterocycles. The van der Waals surface area contributed by atoms with Gasteiger partial charge in [0.2, 0.25) is 0 Å². The molecule has 1 aromatic rings. The molecule has 4 heteroatoms. The first-order valence-corrected chi connectivity index (χ1v) is 8.15. The van der Waals surface area contributed by atoms with Gasteiger partial charge in [-0.15, -0.1) is 11.3 Å². The highest BCUT2D eigenvalue weighted by Crippen LogP contribution is 2.24. The normalized spacial score (nSPS) is 21.3. The summed E-state index contributed by atoms with van der Waals surface area (Å²) in [6.07, 6.45) is 4.75. The second-order valence-electron chi connectivity index (χ2n) is 4.59. The summed E-state index contributed by atoms with van der Waals surface area (Å²) in [5.41, 5.74) is 1.11. The number of amides is 1. The van der Waals surface area contributed by atoms with Gasteiger partial charge < -0.3 is 4.90 Å². The molecule has 1 atom stereocenters. The zero-order valence-corrected chi connectivity index (χ0v) is 12.5. The lowest BCUT2D eigenvalue weighted by Gasteiger charge is -2.28. The zero-order valence-electron chi connectivity index (χ0n) is 10.1. The predicted molar refractivity (Wildman–Crippen MR) is 76.1 cm³/mol. The Balaban J connectivity index is 2.18. The van der Waals surface area contributed by atoms with E-state index in [1.165, 1.54) is 12.8 Å². The maximum absolute atomic E-state index is 12.5. The van der Waals surface area contributed by atoms with E-state index in [0.29, 0.717) is 6.04 Å². The Bertz CT molecular complexity index is 391. The molecule has 0 radical (unpaired) electrons. The van der Waals surface area contributed by atoms with E-state index in [1.54, 1.807) is 11.3 Å². The van der Waals surface area contributed by atoms with E-state index < -0.39 is 0 Å². The molecule has 0 aromatic carbocycles. The first-order valence-electron chi connectivity index (χ1n) is 6.15. The van der Waals surface area contributed by atoms with E-state index >= 15 is 0 Å². The number of nitrogens with zero attached hydrogens (tertiary/aromatic N) is 1. The number of thiophene rings is 1. The van der Waals surface area contributed by atoms with Crippen molar-refractivity contribution in [1.82, 2.24) is 4.90 Å². The second-order valence-corrected chi connectivity index (χ2v) is 6.15. The maximum atomic E-state index is 12.5. The highest BCUT2D eigenvalue weighted by molar-refractivity contribution is 9.09. The van der Waals surface area contributed by atoms with Crippen LogP contribution in [0.3, 0.4) is 0 Å². The van der Waals surface area contributed by atoms with Crippen LogP contribution in [0.1, 0.15) is 40.9 Å². The van der Waals surface area contributed by atoms with E-state index in [9.17, 15) is 4.79 Å². The van der Waals surface area contributed by atoms with Crippen molar-refractivity contribution in [2.45, 2.75) is 38.6 Å². The van der Waals surface area contributed by atoms with Crippen LogP contribution in [-0.2, 0) is 0 Å². The van der Waals surface area contributed by atoms with Crippen molar-refractivity contribution in [2.24, 2.45) is 0 Å². The van der Waals surface area contributed by atoms with E-state index in [4.69, 9.17) is 0 Å². The van der Waals surface area contributed by atoms with Crippen molar-refractivity contribution in [2.75, 3.05) is 11.9 Å². The van der Waals surface area contributed by atoms with Crippen LogP contribution in [0.15, 0.2) is 11.4 Å². The van der Waals surface area contributed by atoms with E-state index in [1.807, 2.05) is 18.4 Å². The zero-order chi connectivity index (χ0) is 12.3. The molecule has 1 aliphatic heterocycles. The molecule has 1 amide bonds. The maximum Gasteiger partial charge on any atom is 0.264 e. The molecule has 94 valence electrons. The van der Waals surface area contributed by atoms with Crippen LogP contribution < -0.4 is 0 Å². The van der Waals surface area contributed by atoms with Crippen molar-refractivity contribution < 1.29 is 4.79 Å². The largest absolute Gasteiger partial charge is 0.334 e. The van der Waals surface area contributed by atoms with Crippen LogP contribution in [0.2, 0.25) is 0 Å². The van der Waals surface area contributed by atoms with Crippen LogP contribution in [0.4, 0.5) is 0 Å². The standard InChI is InChI=1S/C13H18BrNOS/c1-10-6-8-17-12(10)13(16)15-7-4-2-3-5-11(15)9-14/h6,8,11H,2-5,7,9H2,1H3. The molecule has 2 nitrogen and oxygen atoms in total. The van der Waals surface area contributed by atoms with Crippen molar-refractivity contribution in [1.29, 1.82) is 0 Å². The molecule has 0 aliphatic carbocycles. The molecule has 1 fully saturated rings. The first-order chi connectivity index (χ1) is 8.24. The van der Waals surface area contributed by atoms with Gasteiger partial charge in [0.1, 0.15) is 0 Å². The Morgan fingerprint density at radius 2 is 2.35 bits per heavy atom. The molecule has 0 saturated carbocycles. The number of likely N-dealkylation sites (tertiary alicyclic amines) is 1. The van der Waals surface area contributed by atoms with Gasteiger partial charge in [-0.3, -0.25) is 4.79 Å². The summed E-state index contributed by atoms with van der Waals surface area (Å²) in [6.45, 7) is 2.93. The number of rotatable bonds is 2. The lowest BCUT2D eigenvalue weighted by molar-refractivity contribution is 0.0706. The molecule has 2 rings (SSSR count). The fourth-order valence-electron chi connectivity index (χ4n) is 2.33. The van der Waals surface area contributed by atoms with Crippen molar-refractivity contribution in [3.05, 3.63) is 21.9 Å². The second kappa shape index (κ2) is 6.01. The minimum Gasteiger partial charge on any atom is -0.334 e. The van der Waals surface area contributed by atoms with Gasteiger partial charge in [-0.25, -0.2) is 0 Å². The predicted octanol–water partition coefficient (Wildman–Crippen LogP) is 3.84. The molecular weight excluding hydrogens is 298 g/mol. The van der Waals surface area contributed by atoms with Crippen LogP contribution in [0, 0.1) is 6.92 Å². The summed E-state index contributed by atoms with van der Waals surface area (Å²) >= 11 is 5.11. The third-order valence-electron chi connectivity index (χ3n) is 3.37. The highest BCUT2D eigenvalue weighted by atomic mass is 79.9. The monoisotopic (exact) mass is 315 g/mol. The Morgan fingerprint density at radius 1 is 1.53 bits per heavy atom. The first kappa shape index (κ1) is 13.1. The third kappa shape index (κ3) is 2.91. The lowest BCUT2D eigenvalue weighted by Crippen LogP contribution is -2.40. The molecular formula is C13H18BrNOS. The van der Waals surface area contributed by atoms with Crippen LogP contribution >= 0.6 is 27.3 Å². The number of carbonyl (C=O) groups is 1. The molecule has 1 unspecified atom stereocenters. The molecule has 0 bridgehead atoms. The Hall–Kier alpha value is -0.350. The van der Waals surface area contributed by atoms with Crippen LogP contribution in [-0.4, -0.2) is 28.7 Å². The Kier molecular flexibility index (Phi) is 4.62. The molecule has 0 spiro atoms. The van der Waals surface area contributed by atoms with Gasteiger partial charge in [0.25, 0.3) is 5.91 Å². The SMILES string of the molecule is Cc1ccsc1C(=O)N1CCCCCC1CBr. The van der Waals surface area contributed by atoms with Gasteiger partial charge in [-0.1, -0.05) is 28.8 Å². The summed E-state index contributed by atoms with van der Waals surface area (Å²) in [7, 11) is 0. The fraction of sp³-hybridized carbons (Fsp3) is 0.615. The Labute approximate surface area is 115 Å². The van der Waals surface area contributed by atoms with Gasteiger partial charge in [0.15, 0.2) is 0 Å². The van der Waals surface area contributed by atoms with Crippen LogP contribution in [0.25, 0.3) is 0 Å². The Morgan fingerprint density at radius 3 is 3.00 bits per heavy atom. The lowest BCUT2D eigenvalue weighted by atomic mass is 10.1. The minimum atomic E-state index is 0.226. The molecule has 17 heavy (non-hydrogen) atoms. The van der Waals surface area contributed by atoms with Crippen molar-refractivity contribution in [3.63, 3.8) is 0 Å². The van der Waals surface area contributed by atoms with E-state index in [0.717, 1.165) is 35.2 Å². The fourth-order valence-corrected chi connectivity index (χ4v) is 3.88. The van der Waals surface area contributed by atoms with Crippen LogP contribution in [0.5, 0.6) is 0 Å². The third-order valence-corrected chi connectivity index (χ3v) is 5.12. The minimum absolute atomic E-state index is 0.226. The summed E-state index contributed by atoms with van der Waals surface area (Å²) < 4.78 is 0. The average Bonchev–Trinajstić information content (AvgIpc) is 2.64. The van der Waals surface area contributed by atoms with E-state index in [-0.39, 0.29) is 5.91 Å². The molecule has 1 aliphatic rings. The number of carbonyl (C=O) groups excluding carboxylic acids is 1. The van der Waals surface area contributed by atoms with Crippen molar-refractivity contribution in [3.8, 4) is 0 Å². The molecule has 1 aromatic heterocycles. The number of hydrogen-bond acceptors (Lipinski definition) is 2. The average molecular weight is 316 g/mol. The summed E-state index contributed by atoms with van der Waals surface area (Å²) in [5, 5.41) is 2.90. The summed E-state index contributed by atoms with van der Waals surface area (Å²) in [5.74, 6) is 0.226.